The Morgan fingerprint density at radius 3 is 2.37 bits per heavy atom. The summed E-state index contributed by atoms with van der Waals surface area (Å²) in [6, 6.07) is 1.99. The van der Waals surface area contributed by atoms with E-state index in [0.29, 0.717) is 35.2 Å². The van der Waals surface area contributed by atoms with Crippen molar-refractivity contribution in [3.05, 3.63) is 21.9 Å². The number of carboxylic acid groups (broad SMARTS) is 1. The molecule has 5 rings (SSSR count). The number of hydrogen-bond donors (Lipinski definition) is 2. The molecule has 3 saturated carbocycles. The highest BCUT2D eigenvalue weighted by molar-refractivity contribution is 7.15. The molecule has 1 aromatic heterocycles. The van der Waals surface area contributed by atoms with Gasteiger partial charge in [0.05, 0.1) is 11.8 Å². The summed E-state index contributed by atoms with van der Waals surface area (Å²) in [5.74, 6) is 1.20. The van der Waals surface area contributed by atoms with Crippen LogP contribution in [-0.4, -0.2) is 34.2 Å². The van der Waals surface area contributed by atoms with Crippen molar-refractivity contribution < 1.29 is 19.8 Å². The first-order valence-corrected chi connectivity index (χ1v) is 14.8. The molecule has 192 valence electrons. The van der Waals surface area contributed by atoms with Gasteiger partial charge in [0.15, 0.2) is 0 Å². The Hall–Kier alpha value is -1.66. The SMILES string of the molecule is CC1CCC(C(=O)N(c2cc(C3=CC4CCCCC4CC3)sc2C(=O)O)C2CCC(O)CC2)CC1. The number of aromatic carboxylic acids is 1. The maximum absolute atomic E-state index is 14.0. The Balaban J connectivity index is 1.49. The number of thiophene rings is 1. The number of allylic oxidation sites excluding steroid dienone is 2. The number of hydrogen-bond acceptors (Lipinski definition) is 4. The fourth-order valence-electron chi connectivity index (χ4n) is 7.09. The molecular formula is C29H41NO4S. The molecule has 0 aliphatic heterocycles. The Labute approximate surface area is 213 Å². The number of aliphatic hydroxyl groups is 1. The van der Waals surface area contributed by atoms with E-state index in [1.54, 1.807) is 0 Å². The van der Waals surface area contributed by atoms with Gasteiger partial charge in [0.1, 0.15) is 4.88 Å². The molecule has 0 saturated heterocycles. The lowest BCUT2D eigenvalue weighted by Crippen LogP contribution is -2.47. The van der Waals surface area contributed by atoms with E-state index in [9.17, 15) is 19.8 Å². The Bertz CT molecular complexity index is 952. The quantitative estimate of drug-likeness (QED) is 0.462. The van der Waals surface area contributed by atoms with Crippen molar-refractivity contribution in [1.82, 2.24) is 0 Å². The molecule has 4 aliphatic rings. The number of amides is 1. The highest BCUT2D eigenvalue weighted by Gasteiger charge is 2.38. The zero-order valence-electron chi connectivity index (χ0n) is 21.1. The third-order valence-corrected chi connectivity index (χ3v) is 10.5. The average molecular weight is 500 g/mol. The van der Waals surface area contributed by atoms with Crippen molar-refractivity contribution in [2.24, 2.45) is 23.7 Å². The molecule has 2 atom stereocenters. The van der Waals surface area contributed by atoms with Gasteiger partial charge in [0, 0.05) is 16.8 Å². The third kappa shape index (κ3) is 5.39. The normalized spacial score (nSPS) is 33.5. The van der Waals surface area contributed by atoms with E-state index in [0.717, 1.165) is 55.7 Å². The predicted octanol–water partition coefficient (Wildman–Crippen LogP) is 6.89. The van der Waals surface area contributed by atoms with Crippen molar-refractivity contribution in [2.45, 2.75) is 109 Å². The average Bonchev–Trinajstić information content (AvgIpc) is 3.31. The molecule has 35 heavy (non-hydrogen) atoms. The molecule has 1 heterocycles. The van der Waals surface area contributed by atoms with Crippen LogP contribution in [0.25, 0.3) is 5.57 Å². The second-order valence-corrected chi connectivity index (χ2v) is 12.7. The number of anilines is 1. The van der Waals surface area contributed by atoms with E-state index in [4.69, 9.17) is 0 Å². The molecule has 3 fully saturated rings. The lowest BCUT2D eigenvalue weighted by atomic mass is 9.72. The second-order valence-electron chi connectivity index (χ2n) is 11.7. The maximum Gasteiger partial charge on any atom is 0.348 e. The summed E-state index contributed by atoms with van der Waals surface area (Å²) in [7, 11) is 0. The van der Waals surface area contributed by atoms with Crippen LogP contribution < -0.4 is 4.90 Å². The zero-order chi connectivity index (χ0) is 24.5. The molecule has 0 aromatic carbocycles. The molecule has 0 spiro atoms. The maximum atomic E-state index is 14.0. The minimum Gasteiger partial charge on any atom is -0.477 e. The smallest absolute Gasteiger partial charge is 0.348 e. The number of fused-ring (bicyclic) bond motifs is 1. The monoisotopic (exact) mass is 499 g/mol. The lowest BCUT2D eigenvalue weighted by Gasteiger charge is -2.38. The van der Waals surface area contributed by atoms with Crippen molar-refractivity contribution in [2.75, 3.05) is 4.90 Å². The first-order valence-electron chi connectivity index (χ1n) is 14.0. The van der Waals surface area contributed by atoms with Gasteiger partial charge < -0.3 is 15.1 Å². The van der Waals surface area contributed by atoms with E-state index in [1.807, 2.05) is 11.0 Å². The molecule has 1 aromatic rings. The van der Waals surface area contributed by atoms with Crippen LogP contribution in [0.2, 0.25) is 0 Å². The van der Waals surface area contributed by atoms with Gasteiger partial charge in [0.2, 0.25) is 5.91 Å². The highest BCUT2D eigenvalue weighted by atomic mass is 32.1. The van der Waals surface area contributed by atoms with Crippen LogP contribution in [0.4, 0.5) is 5.69 Å². The molecule has 5 nitrogen and oxygen atoms in total. The fourth-order valence-corrected chi connectivity index (χ4v) is 8.13. The van der Waals surface area contributed by atoms with E-state index >= 15 is 0 Å². The first-order chi connectivity index (χ1) is 16.9. The fraction of sp³-hybridized carbons (Fsp3) is 0.724. The third-order valence-electron chi connectivity index (χ3n) is 9.28. The van der Waals surface area contributed by atoms with E-state index in [-0.39, 0.29) is 24.0 Å². The van der Waals surface area contributed by atoms with Gasteiger partial charge in [-0.05, 0) is 106 Å². The first kappa shape index (κ1) is 25.0. The van der Waals surface area contributed by atoms with Gasteiger partial charge in [-0.25, -0.2) is 4.79 Å². The molecule has 2 N–H and O–H groups in total. The summed E-state index contributed by atoms with van der Waals surface area (Å²) in [6.45, 7) is 2.25. The Kier molecular flexibility index (Phi) is 7.69. The minimum absolute atomic E-state index is 0.0278. The predicted molar refractivity (Wildman–Crippen MR) is 141 cm³/mol. The summed E-state index contributed by atoms with van der Waals surface area (Å²) in [6.07, 6.45) is 16.2. The van der Waals surface area contributed by atoms with Crippen LogP contribution in [0.1, 0.15) is 111 Å². The van der Waals surface area contributed by atoms with Crippen LogP contribution in [0.5, 0.6) is 0 Å². The van der Waals surface area contributed by atoms with Gasteiger partial charge in [0.25, 0.3) is 0 Å². The van der Waals surface area contributed by atoms with Crippen LogP contribution in [0, 0.1) is 23.7 Å². The largest absolute Gasteiger partial charge is 0.477 e. The number of carbonyl (C=O) groups is 2. The van der Waals surface area contributed by atoms with Gasteiger partial charge >= 0.3 is 5.97 Å². The van der Waals surface area contributed by atoms with Gasteiger partial charge in [-0.15, -0.1) is 11.3 Å². The Morgan fingerprint density at radius 1 is 0.943 bits per heavy atom. The van der Waals surface area contributed by atoms with E-state index in [1.165, 1.54) is 49.0 Å². The number of rotatable bonds is 5. The molecule has 0 radical (unpaired) electrons. The highest BCUT2D eigenvalue weighted by Crippen LogP contribution is 2.46. The van der Waals surface area contributed by atoms with E-state index in [2.05, 4.69) is 13.0 Å². The van der Waals surface area contributed by atoms with Crippen molar-refractivity contribution >= 4 is 34.5 Å². The van der Waals surface area contributed by atoms with Gasteiger partial charge in [-0.1, -0.05) is 25.8 Å². The standard InChI is InChI=1S/C29H41NO4S/c1-18-6-8-20(9-7-18)28(32)30(23-12-14-24(31)15-13-23)25-17-26(35-27(25)29(33)34)22-11-10-19-4-2-3-5-21(19)16-22/h16-21,23-24,31H,2-15H2,1H3,(H,33,34). The van der Waals surface area contributed by atoms with Crippen molar-refractivity contribution in [3.63, 3.8) is 0 Å². The number of nitrogens with zero attached hydrogens (tertiary/aromatic N) is 1. The summed E-state index contributed by atoms with van der Waals surface area (Å²) >= 11 is 1.36. The number of aliphatic hydroxyl groups excluding tert-OH is 1. The summed E-state index contributed by atoms with van der Waals surface area (Å²) < 4.78 is 0. The van der Waals surface area contributed by atoms with Crippen molar-refractivity contribution in [3.8, 4) is 0 Å². The zero-order valence-corrected chi connectivity index (χ0v) is 21.9. The molecule has 1 amide bonds. The minimum atomic E-state index is -0.936. The van der Waals surface area contributed by atoms with Crippen LogP contribution in [0.3, 0.4) is 0 Å². The molecule has 0 bridgehead atoms. The van der Waals surface area contributed by atoms with E-state index < -0.39 is 5.97 Å². The van der Waals surface area contributed by atoms with Gasteiger partial charge in [-0.3, -0.25) is 4.79 Å². The topological polar surface area (TPSA) is 77.8 Å². The summed E-state index contributed by atoms with van der Waals surface area (Å²) in [5.41, 5.74) is 1.89. The van der Waals surface area contributed by atoms with Gasteiger partial charge in [-0.2, -0.15) is 0 Å². The summed E-state index contributed by atoms with van der Waals surface area (Å²) in [4.78, 5) is 29.6. The molecular weight excluding hydrogens is 458 g/mol. The van der Waals surface area contributed by atoms with Crippen LogP contribution in [-0.2, 0) is 4.79 Å². The van der Waals surface area contributed by atoms with Crippen LogP contribution >= 0.6 is 11.3 Å². The number of carboxylic acids is 1. The van der Waals surface area contributed by atoms with Crippen molar-refractivity contribution in [1.29, 1.82) is 0 Å². The lowest BCUT2D eigenvalue weighted by molar-refractivity contribution is -0.124. The summed E-state index contributed by atoms with van der Waals surface area (Å²) in [5, 5.41) is 20.3. The molecule has 4 aliphatic carbocycles. The second kappa shape index (κ2) is 10.8. The number of carbonyl (C=O) groups excluding carboxylic acids is 1. The molecule has 6 heteroatoms. The molecule has 2 unspecified atom stereocenters. The Morgan fingerprint density at radius 2 is 1.66 bits per heavy atom. The van der Waals surface area contributed by atoms with Crippen LogP contribution in [0.15, 0.2) is 12.1 Å².